The van der Waals surface area contributed by atoms with Crippen molar-refractivity contribution >= 4 is 0 Å². The lowest BCUT2D eigenvalue weighted by Gasteiger charge is -2.39. The van der Waals surface area contributed by atoms with Crippen molar-refractivity contribution in [2.24, 2.45) is 0 Å². The second kappa shape index (κ2) is 14.9. The molecule has 128 valence electrons. The summed E-state index contributed by atoms with van der Waals surface area (Å²) in [6.07, 6.45) is 17.0. The highest BCUT2D eigenvalue weighted by Gasteiger charge is 2.24. The van der Waals surface area contributed by atoms with Crippen molar-refractivity contribution in [2.45, 2.75) is 105 Å². The Hall–Kier alpha value is -0.0400. The number of nitrogens with zero attached hydrogens (tertiary/aromatic N) is 1. The van der Waals surface area contributed by atoms with Crippen molar-refractivity contribution < 1.29 is 4.48 Å². The Labute approximate surface area is 136 Å². The molecule has 0 aliphatic heterocycles. The van der Waals surface area contributed by atoms with Crippen LogP contribution in [0.3, 0.4) is 0 Å². The Morgan fingerprint density at radius 3 is 1.10 bits per heavy atom. The molecule has 0 radical (unpaired) electrons. The van der Waals surface area contributed by atoms with Gasteiger partial charge in [-0.3, -0.25) is 0 Å². The predicted molar refractivity (Wildman–Crippen MR) is 97.8 cm³/mol. The molecule has 0 saturated heterocycles. The van der Waals surface area contributed by atoms with Crippen LogP contribution in [0.25, 0.3) is 0 Å². The number of hydrogen-bond acceptors (Lipinski definition) is 0. The third-order valence-electron chi connectivity index (χ3n) is 4.87. The number of unbranched alkanes of at least 4 members (excludes halogenated alkanes) is 8. The van der Waals surface area contributed by atoms with E-state index in [0.29, 0.717) is 0 Å². The molecule has 0 aliphatic carbocycles. The Morgan fingerprint density at radius 1 is 0.381 bits per heavy atom. The van der Waals surface area contributed by atoms with Crippen LogP contribution in [0, 0.1) is 0 Å². The summed E-state index contributed by atoms with van der Waals surface area (Å²) in [6.45, 7) is 15.1. The monoisotopic (exact) mass is 298 g/mol. The van der Waals surface area contributed by atoms with Crippen LogP contribution in [0.2, 0.25) is 0 Å². The quantitative estimate of drug-likeness (QED) is 0.223. The van der Waals surface area contributed by atoms with Gasteiger partial charge in [-0.2, -0.15) is 0 Å². The molecule has 0 spiro atoms. The highest BCUT2D eigenvalue weighted by Crippen LogP contribution is 2.17. The summed E-state index contributed by atoms with van der Waals surface area (Å²) in [5, 5.41) is 0. The first-order valence-corrected chi connectivity index (χ1v) is 10.1. The molecule has 0 unspecified atom stereocenters. The normalized spacial score (nSPS) is 12.0. The fourth-order valence-electron chi connectivity index (χ4n) is 3.72. The smallest absolute Gasteiger partial charge is 0.0786 e. The third kappa shape index (κ3) is 11.2. The van der Waals surface area contributed by atoms with Gasteiger partial charge in [-0.15, -0.1) is 0 Å². The average Bonchev–Trinajstić information content (AvgIpc) is 2.47. The molecule has 21 heavy (non-hydrogen) atoms. The molecule has 1 heteroatoms. The third-order valence-corrected chi connectivity index (χ3v) is 4.87. The van der Waals surface area contributed by atoms with Crippen LogP contribution in [0.15, 0.2) is 0 Å². The van der Waals surface area contributed by atoms with Gasteiger partial charge in [0.1, 0.15) is 0 Å². The maximum Gasteiger partial charge on any atom is 0.0786 e. The number of quaternary nitrogens is 1. The van der Waals surface area contributed by atoms with Gasteiger partial charge in [0.05, 0.1) is 26.2 Å². The molecule has 0 amide bonds. The van der Waals surface area contributed by atoms with E-state index in [2.05, 4.69) is 27.7 Å². The summed E-state index contributed by atoms with van der Waals surface area (Å²) < 4.78 is 1.42. The largest absolute Gasteiger partial charge is 0.324 e. The van der Waals surface area contributed by atoms with Crippen LogP contribution in [0.5, 0.6) is 0 Å². The molecular weight excluding hydrogens is 254 g/mol. The molecule has 0 aromatic heterocycles. The summed E-state index contributed by atoms with van der Waals surface area (Å²) in [4.78, 5) is 0. The average molecular weight is 299 g/mol. The Bertz CT molecular complexity index is 178. The highest BCUT2D eigenvalue weighted by atomic mass is 15.3. The first-order valence-electron chi connectivity index (χ1n) is 10.1. The molecule has 0 fully saturated rings. The van der Waals surface area contributed by atoms with Crippen LogP contribution in [-0.4, -0.2) is 30.7 Å². The van der Waals surface area contributed by atoms with Crippen LogP contribution >= 0.6 is 0 Å². The maximum atomic E-state index is 2.37. The minimum atomic E-state index is 1.35. The van der Waals surface area contributed by atoms with E-state index < -0.39 is 0 Å². The lowest BCUT2D eigenvalue weighted by Crippen LogP contribution is -2.50. The Kier molecular flexibility index (Phi) is 14.9. The molecule has 0 N–H and O–H groups in total. The van der Waals surface area contributed by atoms with Crippen LogP contribution < -0.4 is 0 Å². The first-order chi connectivity index (χ1) is 10.2. The summed E-state index contributed by atoms with van der Waals surface area (Å²) in [5.74, 6) is 0. The number of rotatable bonds is 16. The number of hydrogen-bond donors (Lipinski definition) is 0. The zero-order valence-electron chi connectivity index (χ0n) is 15.8. The second-order valence-electron chi connectivity index (χ2n) is 7.06. The van der Waals surface area contributed by atoms with E-state index in [4.69, 9.17) is 0 Å². The molecule has 0 aromatic rings. The first kappa shape index (κ1) is 21.0. The molecule has 0 bridgehead atoms. The lowest BCUT2D eigenvalue weighted by molar-refractivity contribution is -0.928. The van der Waals surface area contributed by atoms with Crippen LogP contribution in [0.4, 0.5) is 0 Å². The van der Waals surface area contributed by atoms with Gasteiger partial charge in [-0.1, -0.05) is 66.2 Å². The summed E-state index contributed by atoms with van der Waals surface area (Å²) >= 11 is 0. The van der Waals surface area contributed by atoms with Crippen molar-refractivity contribution in [3.05, 3.63) is 0 Å². The van der Waals surface area contributed by atoms with Crippen molar-refractivity contribution in [3.8, 4) is 0 Å². The topological polar surface area (TPSA) is 0 Å². The summed E-state index contributed by atoms with van der Waals surface area (Å²) in [5.41, 5.74) is 0. The van der Waals surface area contributed by atoms with E-state index in [9.17, 15) is 0 Å². The van der Waals surface area contributed by atoms with Gasteiger partial charge in [0.25, 0.3) is 0 Å². The SMILES string of the molecule is CCCCCCC[N+](CCC)(CCC)CCCCCCC. The molecule has 0 aliphatic rings. The molecule has 0 rings (SSSR count). The van der Waals surface area contributed by atoms with Gasteiger partial charge < -0.3 is 4.48 Å². The zero-order valence-corrected chi connectivity index (χ0v) is 15.8. The van der Waals surface area contributed by atoms with Crippen LogP contribution in [0.1, 0.15) is 105 Å². The molecule has 1 nitrogen and oxygen atoms in total. The van der Waals surface area contributed by atoms with Crippen molar-refractivity contribution in [3.63, 3.8) is 0 Å². The van der Waals surface area contributed by atoms with Crippen LogP contribution in [-0.2, 0) is 0 Å². The molecular formula is C20H44N+. The van der Waals surface area contributed by atoms with Gasteiger partial charge in [0.2, 0.25) is 0 Å². The van der Waals surface area contributed by atoms with Crippen molar-refractivity contribution in [1.29, 1.82) is 0 Å². The van der Waals surface area contributed by atoms with Gasteiger partial charge in [-0.25, -0.2) is 0 Å². The van der Waals surface area contributed by atoms with Gasteiger partial charge in [0, 0.05) is 0 Å². The Balaban J connectivity index is 4.16. The lowest BCUT2D eigenvalue weighted by atomic mass is 10.1. The molecule has 0 saturated carbocycles. The highest BCUT2D eigenvalue weighted by molar-refractivity contribution is 4.50. The Morgan fingerprint density at radius 2 is 0.762 bits per heavy atom. The van der Waals surface area contributed by atoms with Crippen molar-refractivity contribution in [1.82, 2.24) is 0 Å². The summed E-state index contributed by atoms with van der Waals surface area (Å²) in [7, 11) is 0. The molecule has 0 atom stereocenters. The van der Waals surface area contributed by atoms with Gasteiger partial charge in [0.15, 0.2) is 0 Å². The standard InChI is InChI=1S/C20H44N/c1-5-9-11-13-15-19-21(17-7-3,18-8-4)20-16-14-12-10-6-2/h5-20H2,1-4H3/q+1. The predicted octanol–water partition coefficient (Wildman–Crippen LogP) is 6.56. The minimum Gasteiger partial charge on any atom is -0.324 e. The van der Waals surface area contributed by atoms with Crippen molar-refractivity contribution in [2.75, 3.05) is 26.2 Å². The van der Waals surface area contributed by atoms with Gasteiger partial charge >= 0.3 is 0 Å². The fourth-order valence-corrected chi connectivity index (χ4v) is 3.72. The van der Waals surface area contributed by atoms with E-state index in [1.165, 1.54) is 108 Å². The van der Waals surface area contributed by atoms with E-state index in [-0.39, 0.29) is 0 Å². The zero-order chi connectivity index (χ0) is 15.8. The minimum absolute atomic E-state index is 1.35. The van der Waals surface area contributed by atoms with E-state index in [1.54, 1.807) is 0 Å². The van der Waals surface area contributed by atoms with Gasteiger partial charge in [-0.05, 0) is 38.5 Å². The fraction of sp³-hybridized carbons (Fsp3) is 1.00. The molecule has 0 aromatic carbocycles. The van der Waals surface area contributed by atoms with E-state index >= 15 is 0 Å². The second-order valence-corrected chi connectivity index (χ2v) is 7.06. The summed E-state index contributed by atoms with van der Waals surface area (Å²) in [6, 6.07) is 0. The van der Waals surface area contributed by atoms with E-state index in [0.717, 1.165) is 0 Å². The molecule has 0 heterocycles. The maximum absolute atomic E-state index is 2.37. The van der Waals surface area contributed by atoms with E-state index in [1.807, 2.05) is 0 Å².